The summed E-state index contributed by atoms with van der Waals surface area (Å²) in [6.07, 6.45) is 6.51. The van der Waals surface area contributed by atoms with Gasteiger partial charge in [-0.15, -0.1) is 0 Å². The molecule has 3 amide bonds. The van der Waals surface area contributed by atoms with Crippen LogP contribution in [0.1, 0.15) is 86.9 Å². The van der Waals surface area contributed by atoms with Gasteiger partial charge in [0.1, 0.15) is 17.7 Å². The number of carbonyl (C=O) groups excluding carboxylic acids is 2. The maximum absolute atomic E-state index is 14.2. The van der Waals surface area contributed by atoms with Gasteiger partial charge in [0.2, 0.25) is 11.8 Å². The van der Waals surface area contributed by atoms with Crippen LogP contribution in [-0.2, 0) is 16.0 Å². The summed E-state index contributed by atoms with van der Waals surface area (Å²) in [5, 5.41) is 12.0. The number of carboxylic acid groups (broad SMARTS) is 1. The summed E-state index contributed by atoms with van der Waals surface area (Å²) in [6, 6.07) is 35.3. The fourth-order valence-electron chi connectivity index (χ4n) is 9.12. The van der Waals surface area contributed by atoms with Crippen LogP contribution in [0.25, 0.3) is 33.6 Å². The van der Waals surface area contributed by atoms with Crippen LogP contribution < -0.4 is 5.32 Å². The molecule has 0 spiro atoms. The fourth-order valence-corrected chi connectivity index (χ4v) is 9.12. The molecule has 6 aromatic rings. The third-order valence-electron chi connectivity index (χ3n) is 12.3. The normalized spacial score (nSPS) is 17.4. The fraction of sp³-hybridized carbons (Fsp3) is 0.327. The zero-order chi connectivity index (χ0) is 42.3. The Kier molecular flexibility index (Phi) is 12.7. The molecule has 4 aromatic carbocycles. The SMILES string of the molecule is CCN(CC)[C@@H](C(=O)N1CCC[C@H]1c1ncc(-c2ccc(-c3ccc(-c4cnc([C@@H]5CCCN5C(=O)C[C@@H](Cc5ccccc5)NC(=O)O)[nH]4)cc3)cc2)[nH]1)c1ccccc1. The first-order valence-electron chi connectivity index (χ1n) is 21.5. The molecular weight excluding hydrogens is 765 g/mol. The van der Waals surface area contributed by atoms with Crippen molar-refractivity contribution in [3.8, 4) is 33.6 Å². The molecule has 12 heteroatoms. The predicted molar refractivity (Wildman–Crippen MR) is 236 cm³/mol. The molecule has 4 heterocycles. The molecule has 2 aliphatic rings. The Morgan fingerprint density at radius 3 is 1.72 bits per heavy atom. The maximum Gasteiger partial charge on any atom is 0.404 e. The lowest BCUT2D eigenvalue weighted by atomic mass is 10.0. The van der Waals surface area contributed by atoms with Crippen molar-refractivity contribution in [3.63, 3.8) is 0 Å². The summed E-state index contributed by atoms with van der Waals surface area (Å²) in [7, 11) is 0. The summed E-state index contributed by atoms with van der Waals surface area (Å²) in [6.45, 7) is 7.11. The monoisotopic (exact) mass is 818 g/mol. The van der Waals surface area contributed by atoms with Crippen molar-refractivity contribution in [2.75, 3.05) is 26.2 Å². The summed E-state index contributed by atoms with van der Waals surface area (Å²) < 4.78 is 0. The Morgan fingerprint density at radius 2 is 1.20 bits per heavy atom. The van der Waals surface area contributed by atoms with Crippen LogP contribution in [-0.4, -0.2) is 89.9 Å². The van der Waals surface area contributed by atoms with E-state index in [1.165, 1.54) is 0 Å². The number of likely N-dealkylation sites (tertiary alicyclic amines) is 2. The van der Waals surface area contributed by atoms with Crippen LogP contribution in [0, 0.1) is 0 Å². The van der Waals surface area contributed by atoms with E-state index < -0.39 is 12.1 Å². The molecule has 0 bridgehead atoms. The quantitative estimate of drug-likeness (QED) is 0.0809. The number of H-pyrrole nitrogens is 2. The molecule has 61 heavy (non-hydrogen) atoms. The summed E-state index contributed by atoms with van der Waals surface area (Å²) in [5.41, 5.74) is 7.95. The van der Waals surface area contributed by atoms with Crippen LogP contribution in [0.4, 0.5) is 4.79 Å². The van der Waals surface area contributed by atoms with Crippen LogP contribution in [0.5, 0.6) is 0 Å². The standard InChI is InChI=1S/C49H54N8O4/c1-3-55(4-2)45(38-15-9-6-10-16-38)48(59)57-28-12-18-43(57)47-51-32-41(54-47)37-25-21-35(22-26-37)34-19-23-36(24-20-34)40-31-50-46(53-40)42-17-11-27-56(42)44(58)30-39(52-49(60)61)29-33-13-7-5-8-14-33/h5-10,13-16,19-26,31-32,39,42-43,45,52H,3-4,11-12,17-18,27-30H2,1-2H3,(H,50,53)(H,51,54)(H,60,61)/t39-,42+,43+,45-/m1/s1. The lowest BCUT2D eigenvalue weighted by Crippen LogP contribution is -2.43. The second-order valence-corrected chi connectivity index (χ2v) is 16.0. The molecule has 4 N–H and O–H groups in total. The molecular formula is C49H54N8O4. The molecule has 2 aliphatic heterocycles. The molecule has 2 fully saturated rings. The van der Waals surface area contributed by atoms with E-state index in [0.29, 0.717) is 19.5 Å². The first-order valence-corrected chi connectivity index (χ1v) is 21.5. The molecule has 0 saturated carbocycles. The molecule has 0 radical (unpaired) electrons. The number of carbonyl (C=O) groups is 3. The number of aromatic amines is 2. The Hall–Kier alpha value is -6.53. The number of nitrogens with one attached hydrogen (secondary N) is 3. The number of rotatable bonds is 15. The molecule has 4 atom stereocenters. The van der Waals surface area contributed by atoms with Crippen molar-refractivity contribution in [2.45, 2.75) is 76.5 Å². The zero-order valence-corrected chi connectivity index (χ0v) is 34.8. The Bertz CT molecular complexity index is 2390. The van der Waals surface area contributed by atoms with Gasteiger partial charge < -0.3 is 30.2 Å². The number of hydrogen-bond acceptors (Lipinski definition) is 6. The van der Waals surface area contributed by atoms with Gasteiger partial charge >= 0.3 is 6.09 Å². The predicted octanol–water partition coefficient (Wildman–Crippen LogP) is 8.81. The van der Waals surface area contributed by atoms with E-state index in [2.05, 4.69) is 94.7 Å². The average Bonchev–Trinajstić information content (AvgIpc) is 4.13. The third-order valence-corrected chi connectivity index (χ3v) is 12.3. The lowest BCUT2D eigenvalue weighted by Gasteiger charge is -2.34. The van der Waals surface area contributed by atoms with E-state index >= 15 is 0 Å². The van der Waals surface area contributed by atoms with Gasteiger partial charge in [-0.3, -0.25) is 14.5 Å². The minimum atomic E-state index is -1.14. The van der Waals surface area contributed by atoms with Gasteiger partial charge in [-0.25, -0.2) is 14.8 Å². The largest absolute Gasteiger partial charge is 0.465 e. The number of aromatic nitrogens is 4. The number of hydrogen-bond donors (Lipinski definition) is 4. The van der Waals surface area contributed by atoms with E-state index in [4.69, 9.17) is 9.97 Å². The van der Waals surface area contributed by atoms with Gasteiger partial charge in [-0.2, -0.15) is 0 Å². The smallest absolute Gasteiger partial charge is 0.404 e. The van der Waals surface area contributed by atoms with E-state index in [1.54, 1.807) is 0 Å². The zero-order valence-electron chi connectivity index (χ0n) is 34.8. The van der Waals surface area contributed by atoms with E-state index in [0.717, 1.165) is 95.2 Å². The Labute approximate surface area is 357 Å². The third kappa shape index (κ3) is 9.29. The number of amides is 3. The molecule has 314 valence electrons. The average molecular weight is 819 g/mol. The second-order valence-electron chi connectivity index (χ2n) is 16.0. The van der Waals surface area contributed by atoms with Crippen molar-refractivity contribution in [1.82, 2.24) is 40.0 Å². The van der Waals surface area contributed by atoms with Crippen molar-refractivity contribution in [1.29, 1.82) is 0 Å². The minimum Gasteiger partial charge on any atom is -0.465 e. The Balaban J connectivity index is 0.907. The van der Waals surface area contributed by atoms with Gasteiger partial charge in [0.05, 0.1) is 35.9 Å². The number of benzene rings is 4. The highest BCUT2D eigenvalue weighted by atomic mass is 16.4. The maximum atomic E-state index is 14.2. The summed E-state index contributed by atoms with van der Waals surface area (Å²) in [4.78, 5) is 62.0. The number of nitrogens with zero attached hydrogens (tertiary/aromatic N) is 5. The molecule has 0 aliphatic carbocycles. The first kappa shape index (κ1) is 41.2. The van der Waals surface area contributed by atoms with Crippen molar-refractivity contribution in [2.24, 2.45) is 0 Å². The number of likely N-dealkylation sites (N-methyl/N-ethyl adjacent to an activating group) is 1. The van der Waals surface area contributed by atoms with E-state index in [-0.39, 0.29) is 36.4 Å². The number of imidazole rings is 2. The van der Waals surface area contributed by atoms with Gasteiger partial charge in [0, 0.05) is 25.6 Å². The van der Waals surface area contributed by atoms with Crippen molar-refractivity contribution in [3.05, 3.63) is 144 Å². The van der Waals surface area contributed by atoms with Crippen LogP contribution in [0.3, 0.4) is 0 Å². The molecule has 8 rings (SSSR count). The summed E-state index contributed by atoms with van der Waals surface area (Å²) >= 11 is 0. The van der Waals surface area contributed by atoms with Crippen LogP contribution in [0.2, 0.25) is 0 Å². The van der Waals surface area contributed by atoms with E-state index in [9.17, 15) is 19.5 Å². The van der Waals surface area contributed by atoms with Crippen molar-refractivity contribution < 1.29 is 19.5 Å². The molecule has 2 aromatic heterocycles. The van der Waals surface area contributed by atoms with Crippen LogP contribution in [0.15, 0.2) is 122 Å². The lowest BCUT2D eigenvalue weighted by molar-refractivity contribution is -0.138. The summed E-state index contributed by atoms with van der Waals surface area (Å²) in [5.74, 6) is 1.59. The van der Waals surface area contributed by atoms with Crippen molar-refractivity contribution >= 4 is 17.9 Å². The topological polar surface area (TPSA) is 151 Å². The molecule has 2 saturated heterocycles. The van der Waals surface area contributed by atoms with Gasteiger partial charge in [0.25, 0.3) is 0 Å². The first-order chi connectivity index (χ1) is 29.8. The van der Waals surface area contributed by atoms with E-state index in [1.807, 2.05) is 70.7 Å². The van der Waals surface area contributed by atoms with Gasteiger partial charge in [0.15, 0.2) is 0 Å². The Morgan fingerprint density at radius 1 is 0.705 bits per heavy atom. The highest BCUT2D eigenvalue weighted by Gasteiger charge is 2.38. The second kappa shape index (κ2) is 18.8. The van der Waals surface area contributed by atoms with Crippen LogP contribution >= 0.6 is 0 Å². The highest BCUT2D eigenvalue weighted by molar-refractivity contribution is 5.84. The molecule has 0 unspecified atom stereocenters. The molecule has 12 nitrogen and oxygen atoms in total. The highest BCUT2D eigenvalue weighted by Crippen LogP contribution is 2.37. The van der Waals surface area contributed by atoms with Gasteiger partial charge in [-0.05, 0) is 78.6 Å². The van der Waals surface area contributed by atoms with Gasteiger partial charge in [-0.1, -0.05) is 123 Å². The minimum absolute atomic E-state index is 0.0748.